The summed E-state index contributed by atoms with van der Waals surface area (Å²) in [5.41, 5.74) is 6.06. The number of fused-ring (bicyclic) bond motifs is 1. The summed E-state index contributed by atoms with van der Waals surface area (Å²) in [5, 5.41) is 15.3. The van der Waals surface area contributed by atoms with E-state index in [-0.39, 0.29) is 5.11 Å². The highest BCUT2D eigenvalue weighted by atomic mass is 32.1. The molecule has 1 aliphatic rings. The van der Waals surface area contributed by atoms with Crippen LogP contribution in [0.25, 0.3) is 16.2 Å². The molecule has 3 aromatic rings. The normalized spacial score (nSPS) is 17.3. The average Bonchev–Trinajstić information content (AvgIpc) is 3.29. The number of hydrogen-bond donors (Lipinski definition) is 2. The number of aromatic nitrogens is 2. The van der Waals surface area contributed by atoms with E-state index in [2.05, 4.69) is 66.7 Å². The van der Waals surface area contributed by atoms with Crippen molar-refractivity contribution in [2.75, 3.05) is 0 Å². The molecule has 8 nitrogen and oxygen atoms in total. The third-order valence-corrected chi connectivity index (χ3v) is 5.12. The van der Waals surface area contributed by atoms with E-state index in [9.17, 15) is 0 Å². The van der Waals surface area contributed by atoms with Gasteiger partial charge in [0.1, 0.15) is 12.4 Å². The highest BCUT2D eigenvalue weighted by molar-refractivity contribution is 7.80. The summed E-state index contributed by atoms with van der Waals surface area (Å²) in [5.74, 6) is 5.69. The molecule has 1 aliphatic heterocycles. The molecule has 0 amide bonds. The number of nitrogens with one attached hydrogen (secondary N) is 1. The Morgan fingerprint density at radius 3 is 2.88 bits per heavy atom. The van der Waals surface area contributed by atoms with E-state index in [1.807, 2.05) is 12.1 Å². The summed E-state index contributed by atoms with van der Waals surface area (Å²) >= 11 is 6.61. The summed E-state index contributed by atoms with van der Waals surface area (Å²) in [6.45, 7) is 0. The SMILES string of the molecule is Cn1c(-c2ccc(/C=N/NC3N=NC(=S)N3N)cc2)c[n+]2ccsc12. The molecule has 0 bridgehead atoms. The molecule has 1 aromatic carbocycles. The van der Waals surface area contributed by atoms with Gasteiger partial charge in [0.05, 0.1) is 13.3 Å². The highest BCUT2D eigenvalue weighted by Crippen LogP contribution is 2.21. The number of azo groups is 1. The van der Waals surface area contributed by atoms with Crippen LogP contribution in [0.5, 0.6) is 0 Å². The van der Waals surface area contributed by atoms with Gasteiger partial charge in [0.2, 0.25) is 11.4 Å². The van der Waals surface area contributed by atoms with Gasteiger partial charge in [-0.2, -0.15) is 9.50 Å². The van der Waals surface area contributed by atoms with Crippen LogP contribution in [0.15, 0.2) is 57.4 Å². The maximum Gasteiger partial charge on any atom is 0.345 e. The standard InChI is InChI=1S/C15H15N8S2/c1-21-12(9-22-6-7-25-15(21)22)11-4-2-10(3-5-11)8-17-18-13-19-20-14(24)23(13)16/h2-9,13,18H,16H2,1H3/q+1/b17-8+. The van der Waals surface area contributed by atoms with E-state index in [1.54, 1.807) is 17.6 Å². The Labute approximate surface area is 152 Å². The number of hydrogen-bond acceptors (Lipinski definition) is 6. The quantitative estimate of drug-likeness (QED) is 0.240. The fourth-order valence-electron chi connectivity index (χ4n) is 2.54. The number of aryl methyl sites for hydroxylation is 1. The fourth-order valence-corrected chi connectivity index (χ4v) is 3.50. The van der Waals surface area contributed by atoms with E-state index >= 15 is 0 Å². The lowest BCUT2D eigenvalue weighted by Gasteiger charge is -2.15. The molecule has 25 heavy (non-hydrogen) atoms. The lowest BCUT2D eigenvalue weighted by Crippen LogP contribution is -2.45. The van der Waals surface area contributed by atoms with Crippen molar-refractivity contribution >= 4 is 39.8 Å². The van der Waals surface area contributed by atoms with Crippen LogP contribution in [0, 0.1) is 0 Å². The van der Waals surface area contributed by atoms with Crippen LogP contribution >= 0.6 is 23.6 Å². The molecule has 4 rings (SSSR count). The van der Waals surface area contributed by atoms with E-state index in [0.29, 0.717) is 0 Å². The molecular weight excluding hydrogens is 356 g/mol. The molecule has 10 heteroatoms. The van der Waals surface area contributed by atoms with Crippen molar-refractivity contribution in [3.63, 3.8) is 0 Å². The molecule has 1 atom stereocenters. The average molecular weight is 371 g/mol. The van der Waals surface area contributed by atoms with Crippen molar-refractivity contribution < 1.29 is 4.40 Å². The van der Waals surface area contributed by atoms with Crippen molar-refractivity contribution in [3.8, 4) is 11.3 Å². The smallest absolute Gasteiger partial charge is 0.265 e. The number of imidazole rings is 1. The summed E-state index contributed by atoms with van der Waals surface area (Å²) < 4.78 is 4.30. The first-order valence-corrected chi connectivity index (χ1v) is 8.74. The van der Waals surface area contributed by atoms with Crippen LogP contribution in [0.1, 0.15) is 5.56 Å². The Morgan fingerprint density at radius 2 is 2.20 bits per heavy atom. The molecule has 2 aromatic heterocycles. The maximum absolute atomic E-state index is 5.69. The predicted octanol–water partition coefficient (Wildman–Crippen LogP) is 1.63. The lowest BCUT2D eigenvalue weighted by atomic mass is 10.1. The van der Waals surface area contributed by atoms with Crippen molar-refractivity contribution in [1.29, 1.82) is 0 Å². The molecule has 3 heterocycles. The van der Waals surface area contributed by atoms with Crippen LogP contribution in [-0.4, -0.2) is 27.2 Å². The van der Waals surface area contributed by atoms with Crippen LogP contribution in [0.4, 0.5) is 0 Å². The third kappa shape index (κ3) is 2.90. The minimum absolute atomic E-state index is 0.234. The maximum atomic E-state index is 5.69. The number of hydrazone groups is 1. The molecule has 0 saturated heterocycles. The van der Waals surface area contributed by atoms with Gasteiger partial charge in [-0.25, -0.2) is 15.4 Å². The first-order chi connectivity index (χ1) is 12.1. The fraction of sp³-hybridized carbons (Fsp3) is 0.133. The summed E-state index contributed by atoms with van der Waals surface area (Å²) in [7, 11) is 2.07. The van der Waals surface area contributed by atoms with Gasteiger partial charge < -0.3 is 0 Å². The minimum atomic E-state index is -0.559. The van der Waals surface area contributed by atoms with Crippen molar-refractivity contribution in [2.45, 2.75) is 6.29 Å². The topological polar surface area (TPSA) is 87.4 Å². The van der Waals surface area contributed by atoms with E-state index in [4.69, 9.17) is 18.1 Å². The second-order valence-corrected chi connectivity index (χ2v) is 6.69. The van der Waals surface area contributed by atoms with Crippen molar-refractivity contribution in [3.05, 3.63) is 47.6 Å². The zero-order valence-electron chi connectivity index (χ0n) is 13.3. The zero-order valence-corrected chi connectivity index (χ0v) is 14.9. The van der Waals surface area contributed by atoms with Crippen LogP contribution < -0.4 is 15.7 Å². The minimum Gasteiger partial charge on any atom is -0.265 e. The van der Waals surface area contributed by atoms with Gasteiger partial charge in [0, 0.05) is 10.9 Å². The van der Waals surface area contributed by atoms with E-state index in [1.165, 1.54) is 9.97 Å². The van der Waals surface area contributed by atoms with Crippen LogP contribution in [-0.2, 0) is 7.05 Å². The molecule has 126 valence electrons. The van der Waals surface area contributed by atoms with Gasteiger partial charge in [-0.05, 0) is 29.9 Å². The Bertz CT molecular complexity index is 985. The van der Waals surface area contributed by atoms with Crippen molar-refractivity contribution in [2.24, 2.45) is 28.2 Å². The lowest BCUT2D eigenvalue weighted by molar-refractivity contribution is -0.505. The number of benzene rings is 1. The molecule has 0 spiro atoms. The molecule has 0 aliphatic carbocycles. The number of nitrogens with zero attached hydrogens (tertiary/aromatic N) is 6. The molecule has 3 N–H and O–H groups in total. The number of thiazole rings is 1. The number of thiocarbonyl (C=S) groups is 1. The largest absolute Gasteiger partial charge is 0.345 e. The number of hydrazine groups is 1. The highest BCUT2D eigenvalue weighted by Gasteiger charge is 2.22. The Morgan fingerprint density at radius 1 is 1.40 bits per heavy atom. The van der Waals surface area contributed by atoms with Crippen LogP contribution in [0.2, 0.25) is 0 Å². The Kier molecular flexibility index (Phi) is 3.99. The second kappa shape index (κ2) is 6.31. The Hall–Kier alpha value is -2.69. The monoisotopic (exact) mass is 371 g/mol. The van der Waals surface area contributed by atoms with Gasteiger partial charge in [-0.3, -0.25) is 5.43 Å². The molecule has 0 radical (unpaired) electrons. The van der Waals surface area contributed by atoms with Crippen LogP contribution in [0.3, 0.4) is 0 Å². The number of rotatable bonds is 4. The first kappa shape index (κ1) is 15.8. The predicted molar refractivity (Wildman–Crippen MR) is 99.9 cm³/mol. The molecular formula is C15H15N8S2+. The molecule has 0 saturated carbocycles. The third-order valence-electron chi connectivity index (χ3n) is 3.87. The first-order valence-electron chi connectivity index (χ1n) is 7.45. The molecule has 0 fully saturated rings. The van der Waals surface area contributed by atoms with Crippen molar-refractivity contribution in [1.82, 2.24) is 15.0 Å². The van der Waals surface area contributed by atoms with Gasteiger partial charge >= 0.3 is 4.96 Å². The second-order valence-electron chi connectivity index (χ2n) is 5.45. The molecule has 1 unspecified atom stereocenters. The van der Waals surface area contributed by atoms with Gasteiger partial charge in [0.15, 0.2) is 5.69 Å². The zero-order chi connectivity index (χ0) is 17.4. The summed E-state index contributed by atoms with van der Waals surface area (Å²) in [4.78, 5) is 1.19. The van der Waals surface area contributed by atoms with Gasteiger partial charge in [0.25, 0.3) is 0 Å². The summed E-state index contributed by atoms with van der Waals surface area (Å²) in [6.07, 6.45) is 5.33. The van der Waals surface area contributed by atoms with Gasteiger partial charge in [-0.15, -0.1) is 10.2 Å². The number of nitrogens with two attached hydrogens (primary N) is 1. The summed E-state index contributed by atoms with van der Waals surface area (Å²) in [6, 6.07) is 8.15. The van der Waals surface area contributed by atoms with Gasteiger partial charge in [-0.1, -0.05) is 23.5 Å². The Balaban J connectivity index is 1.47. The van der Waals surface area contributed by atoms with E-state index < -0.39 is 6.29 Å². The van der Waals surface area contributed by atoms with E-state index in [0.717, 1.165) is 16.8 Å².